The van der Waals surface area contributed by atoms with Crippen molar-refractivity contribution < 1.29 is 0 Å². The van der Waals surface area contributed by atoms with Gasteiger partial charge in [0.25, 0.3) is 0 Å². The van der Waals surface area contributed by atoms with Gasteiger partial charge in [-0.1, -0.05) is 36.4 Å². The third-order valence-corrected chi connectivity index (χ3v) is 2.29. The molecule has 0 saturated heterocycles. The summed E-state index contributed by atoms with van der Waals surface area (Å²) in [5.41, 5.74) is 13.3. The van der Waals surface area contributed by atoms with Crippen LogP contribution in [0.5, 0.6) is 0 Å². The molecule has 0 unspecified atom stereocenters. The minimum absolute atomic E-state index is 0. The number of rotatable bonds is 2. The molecule has 0 heterocycles. The van der Waals surface area contributed by atoms with Gasteiger partial charge in [-0.2, -0.15) is 4.58 Å². The molecule has 2 aromatic rings. The summed E-state index contributed by atoms with van der Waals surface area (Å²) in [7, 11) is 0. The van der Waals surface area contributed by atoms with E-state index >= 15 is 0 Å². The molecule has 4 heteroatoms. The highest BCUT2D eigenvalue weighted by molar-refractivity contribution is 5.85. The predicted molar refractivity (Wildman–Crippen MR) is 75.0 cm³/mol. The largest absolute Gasteiger partial charge is 0.351 e. The van der Waals surface area contributed by atoms with Gasteiger partial charge in [0.15, 0.2) is 0 Å². The summed E-state index contributed by atoms with van der Waals surface area (Å²) in [6.07, 6.45) is 0. The van der Waals surface area contributed by atoms with Crippen LogP contribution in [-0.2, 0) is 0 Å². The Morgan fingerprint density at radius 2 is 1.06 bits per heavy atom. The number of halogens is 1. The van der Waals surface area contributed by atoms with Crippen LogP contribution >= 0.6 is 12.4 Å². The molecule has 0 aromatic heterocycles. The second kappa shape index (κ2) is 5.92. The Kier molecular flexibility index (Phi) is 4.55. The molecule has 0 aliphatic carbocycles. The van der Waals surface area contributed by atoms with E-state index in [1.807, 2.05) is 60.7 Å². The zero-order valence-electron chi connectivity index (χ0n) is 9.28. The number of nitrogens with two attached hydrogens (primary N) is 2. The Bertz CT molecular complexity index is 449. The number of guanidine groups is 1. The van der Waals surface area contributed by atoms with Gasteiger partial charge < -0.3 is 0 Å². The molecule has 0 bridgehead atoms. The predicted octanol–water partition coefficient (Wildman–Crippen LogP) is 2.22. The van der Waals surface area contributed by atoms with Crippen LogP contribution < -0.4 is 16.0 Å². The second-order valence-corrected chi connectivity index (χ2v) is 3.43. The Morgan fingerprint density at radius 3 is 1.35 bits per heavy atom. The van der Waals surface area contributed by atoms with Crippen LogP contribution in [0.1, 0.15) is 0 Å². The van der Waals surface area contributed by atoms with Crippen LogP contribution in [0.2, 0.25) is 0 Å². The van der Waals surface area contributed by atoms with Crippen LogP contribution in [0.3, 0.4) is 0 Å². The van der Waals surface area contributed by atoms with E-state index < -0.39 is 0 Å². The van der Waals surface area contributed by atoms with Crippen molar-refractivity contribution in [3.05, 3.63) is 60.7 Å². The normalized spacial score (nSPS) is 9.18. The summed E-state index contributed by atoms with van der Waals surface area (Å²) in [4.78, 5) is 0. The molecule has 2 rings (SSSR count). The molecule has 2 aromatic carbocycles. The lowest BCUT2D eigenvalue weighted by atomic mass is 10.2. The van der Waals surface area contributed by atoms with Crippen LogP contribution in [0.4, 0.5) is 11.4 Å². The van der Waals surface area contributed by atoms with Crippen LogP contribution in [0.15, 0.2) is 60.7 Å². The molecule has 0 saturated carbocycles. The van der Waals surface area contributed by atoms with Crippen molar-refractivity contribution in [2.75, 3.05) is 0 Å². The maximum absolute atomic E-state index is 5.72. The first-order chi connectivity index (χ1) is 7.79. The Labute approximate surface area is 107 Å². The van der Waals surface area contributed by atoms with E-state index in [0.717, 1.165) is 11.4 Å². The van der Waals surface area contributed by atoms with Crippen LogP contribution in [-0.4, -0.2) is 5.96 Å². The Morgan fingerprint density at radius 1 is 0.706 bits per heavy atom. The zero-order chi connectivity index (χ0) is 11.4. The lowest BCUT2D eigenvalue weighted by Gasteiger charge is -2.08. The van der Waals surface area contributed by atoms with Crippen molar-refractivity contribution in [2.45, 2.75) is 0 Å². The van der Waals surface area contributed by atoms with Gasteiger partial charge in [0.05, 0.1) is 0 Å². The molecule has 0 fully saturated rings. The van der Waals surface area contributed by atoms with E-state index in [0.29, 0.717) is 0 Å². The molecule has 0 radical (unpaired) electrons. The lowest BCUT2D eigenvalue weighted by Crippen LogP contribution is -2.33. The third-order valence-electron chi connectivity index (χ3n) is 2.29. The van der Waals surface area contributed by atoms with E-state index in [-0.39, 0.29) is 18.4 Å². The highest BCUT2D eigenvalue weighted by atomic mass is 35.5. The van der Waals surface area contributed by atoms with E-state index in [1.54, 1.807) is 4.58 Å². The first-order valence-electron chi connectivity index (χ1n) is 5.07. The molecule has 0 aliphatic rings. The maximum Gasteiger partial charge on any atom is 0.351 e. The zero-order valence-corrected chi connectivity index (χ0v) is 10.1. The summed E-state index contributed by atoms with van der Waals surface area (Å²) < 4.78 is 1.81. The first kappa shape index (κ1) is 13.1. The molecular weight excluding hydrogens is 234 g/mol. The molecule has 88 valence electrons. The highest BCUT2D eigenvalue weighted by Crippen LogP contribution is 2.18. The Balaban J connectivity index is 0.00000144. The van der Waals surface area contributed by atoms with Crippen molar-refractivity contribution in [1.82, 2.24) is 4.58 Å². The van der Waals surface area contributed by atoms with Gasteiger partial charge in [0.1, 0.15) is 11.4 Å². The number of hydrogen-bond acceptors (Lipinski definition) is 0. The summed E-state index contributed by atoms with van der Waals surface area (Å²) in [5.74, 6) is 0.261. The topological polar surface area (TPSA) is 55.0 Å². The lowest BCUT2D eigenvalue weighted by molar-refractivity contribution is 1.05. The molecule has 0 atom stereocenters. The number of para-hydroxylation sites is 2. The number of nitrogens with zero attached hydrogens (tertiary/aromatic N) is 1. The molecule has 17 heavy (non-hydrogen) atoms. The Hall–Kier alpha value is -2.00. The summed E-state index contributed by atoms with van der Waals surface area (Å²) in [6, 6.07) is 19.6. The highest BCUT2D eigenvalue weighted by Gasteiger charge is 2.09. The standard InChI is InChI=1S/C13H13N3.ClH/c14-13(15)16(11-7-3-1-4-8-11)12-9-5-2-6-10-12;/h1-10H,(H3,14,15);1H/p+1. The fraction of sp³-hybridized carbons (Fsp3) is 0. The molecule has 4 N–H and O–H groups in total. The average Bonchev–Trinajstić information content (AvgIpc) is 2.31. The van der Waals surface area contributed by atoms with Crippen molar-refractivity contribution >= 4 is 29.7 Å². The first-order valence-corrected chi connectivity index (χ1v) is 5.07. The summed E-state index contributed by atoms with van der Waals surface area (Å²) >= 11 is 0. The third kappa shape index (κ3) is 2.98. The maximum atomic E-state index is 5.72. The average molecular weight is 249 g/mol. The van der Waals surface area contributed by atoms with Crippen LogP contribution in [0.25, 0.3) is 0 Å². The van der Waals surface area contributed by atoms with Gasteiger partial charge in [-0.05, 0) is 24.3 Å². The molecule has 3 nitrogen and oxygen atoms in total. The van der Waals surface area contributed by atoms with Gasteiger partial charge in [0.2, 0.25) is 0 Å². The smallest absolute Gasteiger partial charge is 0.290 e. The van der Waals surface area contributed by atoms with Crippen molar-refractivity contribution in [1.29, 1.82) is 0 Å². The summed E-state index contributed by atoms with van der Waals surface area (Å²) in [6.45, 7) is 0. The van der Waals surface area contributed by atoms with Crippen molar-refractivity contribution in [3.8, 4) is 0 Å². The van der Waals surface area contributed by atoms with Gasteiger partial charge in [0, 0.05) is 0 Å². The fourth-order valence-electron chi connectivity index (χ4n) is 1.60. The SMILES string of the molecule is Cl.NC(N)=[N+](c1ccccc1)c1ccccc1. The van der Waals surface area contributed by atoms with Gasteiger partial charge in [-0.15, -0.1) is 12.4 Å². The number of hydrogen-bond donors (Lipinski definition) is 2. The van der Waals surface area contributed by atoms with Crippen molar-refractivity contribution in [2.24, 2.45) is 11.5 Å². The van der Waals surface area contributed by atoms with Crippen LogP contribution in [0, 0.1) is 0 Å². The molecule has 0 amide bonds. The second-order valence-electron chi connectivity index (χ2n) is 3.43. The van der Waals surface area contributed by atoms with Gasteiger partial charge >= 0.3 is 5.96 Å². The molecular formula is C13H15ClN3+. The van der Waals surface area contributed by atoms with E-state index in [1.165, 1.54) is 0 Å². The summed E-state index contributed by atoms with van der Waals surface area (Å²) in [5, 5.41) is 0. The minimum atomic E-state index is 0. The number of benzene rings is 2. The molecule has 0 spiro atoms. The van der Waals surface area contributed by atoms with E-state index in [4.69, 9.17) is 11.5 Å². The van der Waals surface area contributed by atoms with Gasteiger partial charge in [-0.3, -0.25) is 11.5 Å². The molecule has 0 aliphatic heterocycles. The van der Waals surface area contributed by atoms with E-state index in [9.17, 15) is 0 Å². The minimum Gasteiger partial charge on any atom is -0.290 e. The fourth-order valence-corrected chi connectivity index (χ4v) is 1.60. The van der Waals surface area contributed by atoms with Gasteiger partial charge in [-0.25, -0.2) is 0 Å². The quantitative estimate of drug-likeness (QED) is 0.486. The monoisotopic (exact) mass is 248 g/mol. The van der Waals surface area contributed by atoms with E-state index in [2.05, 4.69) is 0 Å². The van der Waals surface area contributed by atoms with Crippen molar-refractivity contribution in [3.63, 3.8) is 0 Å².